The van der Waals surface area contributed by atoms with Crippen molar-refractivity contribution in [1.82, 2.24) is 19.8 Å². The number of aromatic carboxylic acids is 1. The van der Waals surface area contributed by atoms with Gasteiger partial charge in [-0.15, -0.1) is 4.68 Å². The number of carboxylic acids is 1. The Balaban J connectivity index is 2.04. The number of rotatable bonds is 5. The van der Waals surface area contributed by atoms with Gasteiger partial charge in [0.1, 0.15) is 5.75 Å². The number of hydrogen-bond donors (Lipinski definition) is 1. The molecular formula is C18H17N5O5. The molecular weight excluding hydrogens is 366 g/mol. The van der Waals surface area contributed by atoms with E-state index in [4.69, 9.17) is 4.74 Å². The first-order chi connectivity index (χ1) is 13.5. The van der Waals surface area contributed by atoms with E-state index in [1.807, 2.05) is 0 Å². The predicted octanol–water partition coefficient (Wildman–Crippen LogP) is 1.63. The molecule has 144 valence electrons. The lowest BCUT2D eigenvalue weighted by Gasteiger charge is -2.22. The van der Waals surface area contributed by atoms with E-state index in [9.17, 15) is 19.5 Å². The fourth-order valence-corrected chi connectivity index (χ4v) is 2.65. The molecule has 0 atom stereocenters. The minimum absolute atomic E-state index is 0.0256. The average molecular weight is 383 g/mol. The summed E-state index contributed by atoms with van der Waals surface area (Å²) in [6.07, 6.45) is 0. The van der Waals surface area contributed by atoms with Gasteiger partial charge in [0.2, 0.25) is 0 Å². The summed E-state index contributed by atoms with van der Waals surface area (Å²) in [6, 6.07) is 11.9. The number of hydrogen-bond acceptors (Lipinski definition) is 6. The summed E-state index contributed by atoms with van der Waals surface area (Å²) in [5.41, 5.74) is -0.110. The monoisotopic (exact) mass is 383 g/mol. The maximum atomic E-state index is 13.0. The normalized spacial score (nSPS) is 10.5. The number of methoxy groups -OCH3 is 1. The van der Waals surface area contributed by atoms with Gasteiger partial charge in [0.15, 0.2) is 0 Å². The Morgan fingerprint density at radius 2 is 1.86 bits per heavy atom. The number of anilines is 1. The molecule has 1 N–H and O–H groups in total. The van der Waals surface area contributed by atoms with Gasteiger partial charge in [0.25, 0.3) is 0 Å². The van der Waals surface area contributed by atoms with Crippen LogP contribution in [0.4, 0.5) is 10.5 Å². The van der Waals surface area contributed by atoms with E-state index in [0.29, 0.717) is 10.4 Å². The van der Waals surface area contributed by atoms with Crippen LogP contribution in [0, 0.1) is 0 Å². The van der Waals surface area contributed by atoms with Crippen molar-refractivity contribution in [2.24, 2.45) is 0 Å². The largest absolute Gasteiger partial charge is 0.495 e. The lowest BCUT2D eigenvalue weighted by molar-refractivity contribution is 0.0697. The van der Waals surface area contributed by atoms with E-state index in [-0.39, 0.29) is 23.5 Å². The second-order valence-corrected chi connectivity index (χ2v) is 5.64. The molecule has 0 aliphatic heterocycles. The summed E-state index contributed by atoms with van der Waals surface area (Å²) in [5.74, 6) is -0.872. The van der Waals surface area contributed by atoms with Crippen LogP contribution >= 0.6 is 0 Å². The number of tetrazole rings is 1. The number of aromatic nitrogens is 4. The minimum atomic E-state index is -1.15. The Hall–Kier alpha value is -3.95. The summed E-state index contributed by atoms with van der Waals surface area (Å²) >= 11 is 0. The van der Waals surface area contributed by atoms with Gasteiger partial charge in [0.05, 0.1) is 24.0 Å². The van der Waals surface area contributed by atoms with Gasteiger partial charge in [-0.3, -0.25) is 4.90 Å². The van der Waals surface area contributed by atoms with Crippen LogP contribution in [0.3, 0.4) is 0 Å². The Kier molecular flexibility index (Phi) is 5.21. The maximum Gasteiger partial charge on any atom is 0.377 e. The number of carbonyl (C=O) groups excluding carboxylic acids is 1. The second-order valence-electron chi connectivity index (χ2n) is 5.64. The van der Waals surface area contributed by atoms with E-state index in [1.165, 1.54) is 30.2 Å². The van der Waals surface area contributed by atoms with E-state index in [1.54, 1.807) is 37.3 Å². The molecule has 0 aliphatic rings. The van der Waals surface area contributed by atoms with Crippen LogP contribution in [0.2, 0.25) is 0 Å². The molecule has 0 spiro atoms. The van der Waals surface area contributed by atoms with Crippen LogP contribution in [0.15, 0.2) is 53.3 Å². The summed E-state index contributed by atoms with van der Waals surface area (Å²) < 4.78 is 6.85. The zero-order valence-electron chi connectivity index (χ0n) is 15.1. The van der Waals surface area contributed by atoms with Crippen LogP contribution in [-0.2, 0) is 0 Å². The molecule has 1 aromatic heterocycles. The highest BCUT2D eigenvalue weighted by Gasteiger charge is 2.25. The SMILES string of the molecule is CCN(C(=O)n1nnn(-c2ccccc2)c1=O)c1cc(C(=O)O)ccc1OC. The molecule has 10 nitrogen and oxygen atoms in total. The Bertz CT molecular complexity index is 1070. The fourth-order valence-electron chi connectivity index (χ4n) is 2.65. The third-order valence-corrected chi connectivity index (χ3v) is 4.03. The zero-order chi connectivity index (χ0) is 20.3. The number of nitrogens with zero attached hydrogens (tertiary/aromatic N) is 5. The lowest BCUT2D eigenvalue weighted by atomic mass is 10.1. The van der Waals surface area contributed by atoms with Crippen molar-refractivity contribution in [2.75, 3.05) is 18.6 Å². The van der Waals surface area contributed by atoms with Gasteiger partial charge >= 0.3 is 17.7 Å². The van der Waals surface area contributed by atoms with Crippen molar-refractivity contribution < 1.29 is 19.4 Å². The minimum Gasteiger partial charge on any atom is -0.495 e. The molecule has 2 aromatic carbocycles. The fraction of sp³-hybridized carbons (Fsp3) is 0.167. The molecule has 0 unspecified atom stereocenters. The van der Waals surface area contributed by atoms with Crippen LogP contribution in [-0.4, -0.2) is 50.6 Å². The van der Waals surface area contributed by atoms with Gasteiger partial charge in [0, 0.05) is 6.54 Å². The number of carboxylic acid groups (broad SMARTS) is 1. The Labute approximate surface area is 159 Å². The topological polar surface area (TPSA) is 120 Å². The van der Waals surface area contributed by atoms with Crippen molar-refractivity contribution in [3.8, 4) is 11.4 Å². The number of ether oxygens (including phenoxy) is 1. The van der Waals surface area contributed by atoms with Crippen molar-refractivity contribution in [3.05, 3.63) is 64.6 Å². The standard InChI is InChI=1S/C18H17N5O5/c1-3-21(14-11-12(16(24)25)9-10-15(14)28-2)17(26)23-18(27)22(19-20-23)13-7-5-4-6-8-13/h4-11H,3H2,1-2H3,(H,24,25). The quantitative estimate of drug-likeness (QED) is 0.665. The van der Waals surface area contributed by atoms with E-state index in [0.717, 1.165) is 4.68 Å². The van der Waals surface area contributed by atoms with Gasteiger partial charge < -0.3 is 9.84 Å². The zero-order valence-corrected chi connectivity index (χ0v) is 15.1. The lowest BCUT2D eigenvalue weighted by Crippen LogP contribution is -2.41. The van der Waals surface area contributed by atoms with Crippen LogP contribution in [0.1, 0.15) is 17.3 Å². The van der Waals surface area contributed by atoms with E-state index < -0.39 is 17.7 Å². The third kappa shape index (κ3) is 3.34. The van der Waals surface area contributed by atoms with Crippen LogP contribution in [0.25, 0.3) is 5.69 Å². The number of carbonyl (C=O) groups is 2. The second kappa shape index (κ2) is 7.74. The van der Waals surface area contributed by atoms with Gasteiger partial charge in [-0.2, -0.15) is 4.68 Å². The molecule has 0 fully saturated rings. The van der Waals surface area contributed by atoms with Crippen LogP contribution in [0.5, 0.6) is 5.75 Å². The highest BCUT2D eigenvalue weighted by molar-refractivity contribution is 5.97. The summed E-state index contributed by atoms with van der Waals surface area (Å²) in [7, 11) is 1.40. The molecule has 0 saturated carbocycles. The predicted molar refractivity (Wildman–Crippen MR) is 99.4 cm³/mol. The van der Waals surface area contributed by atoms with Gasteiger partial charge in [-0.05, 0) is 47.7 Å². The van der Waals surface area contributed by atoms with Crippen LogP contribution < -0.4 is 15.3 Å². The molecule has 28 heavy (non-hydrogen) atoms. The molecule has 1 heterocycles. The number of para-hydroxylation sites is 1. The van der Waals surface area contributed by atoms with Gasteiger partial charge in [-0.25, -0.2) is 14.4 Å². The van der Waals surface area contributed by atoms with E-state index in [2.05, 4.69) is 10.4 Å². The first-order valence-corrected chi connectivity index (χ1v) is 8.31. The highest BCUT2D eigenvalue weighted by atomic mass is 16.5. The summed E-state index contributed by atoms with van der Waals surface area (Å²) in [6.45, 7) is 1.82. The van der Waals surface area contributed by atoms with Gasteiger partial charge in [-0.1, -0.05) is 18.2 Å². The first-order valence-electron chi connectivity index (χ1n) is 8.31. The van der Waals surface area contributed by atoms with Crippen molar-refractivity contribution in [3.63, 3.8) is 0 Å². The average Bonchev–Trinajstić information content (AvgIpc) is 3.10. The number of benzene rings is 2. The first kappa shape index (κ1) is 18.8. The molecule has 1 amide bonds. The summed E-state index contributed by atoms with van der Waals surface area (Å²) in [5, 5.41) is 16.6. The van der Waals surface area contributed by atoms with E-state index >= 15 is 0 Å². The molecule has 0 aliphatic carbocycles. The molecule has 3 rings (SSSR count). The molecule has 10 heteroatoms. The van der Waals surface area contributed by atoms with Crippen molar-refractivity contribution in [2.45, 2.75) is 6.92 Å². The molecule has 0 bridgehead atoms. The highest BCUT2D eigenvalue weighted by Crippen LogP contribution is 2.29. The Morgan fingerprint density at radius 3 is 2.46 bits per heavy atom. The number of amides is 1. The summed E-state index contributed by atoms with van der Waals surface area (Å²) in [4.78, 5) is 38.1. The smallest absolute Gasteiger partial charge is 0.377 e. The molecule has 0 radical (unpaired) electrons. The van der Waals surface area contributed by atoms with Crippen molar-refractivity contribution in [1.29, 1.82) is 0 Å². The molecule has 0 saturated heterocycles. The maximum absolute atomic E-state index is 13.0. The molecule has 3 aromatic rings. The van der Waals surface area contributed by atoms with Crippen molar-refractivity contribution >= 4 is 17.7 Å². The third-order valence-electron chi connectivity index (χ3n) is 4.03. The Morgan fingerprint density at radius 1 is 1.14 bits per heavy atom.